The number of nitrogens with zero attached hydrogens (tertiary/aromatic N) is 4. The molecule has 32 heavy (non-hydrogen) atoms. The molecule has 0 aliphatic rings. The molecule has 5 aromatic rings. The van der Waals surface area contributed by atoms with E-state index in [2.05, 4.69) is 25.3 Å². The zero-order chi connectivity index (χ0) is 22.1. The van der Waals surface area contributed by atoms with E-state index in [4.69, 9.17) is 16.6 Å². The predicted octanol–water partition coefficient (Wildman–Crippen LogP) is 4.56. The van der Waals surface area contributed by atoms with Crippen LogP contribution in [0.5, 0.6) is 0 Å². The Hall–Kier alpha value is -3.40. The first-order chi connectivity index (χ1) is 15.6. The molecule has 0 aliphatic heterocycles. The highest BCUT2D eigenvalue weighted by Gasteiger charge is 2.16. The molecule has 160 valence electrons. The topological polar surface area (TPSA) is 117 Å². The molecular formula is C22H17ClN6O2S. The number of rotatable bonds is 6. The van der Waals surface area contributed by atoms with Crippen LogP contribution in [-0.4, -0.2) is 33.7 Å². The minimum absolute atomic E-state index is 0.00591. The largest absolute Gasteiger partial charge is 0.364 e. The molecule has 1 atom stereocenters. The molecule has 3 heterocycles. The monoisotopic (exact) mass is 464 g/mol. The predicted molar refractivity (Wildman–Crippen MR) is 126 cm³/mol. The summed E-state index contributed by atoms with van der Waals surface area (Å²) in [6.45, 7) is 0.409. The Morgan fingerprint density at radius 2 is 1.94 bits per heavy atom. The zero-order valence-corrected chi connectivity index (χ0v) is 18.2. The summed E-state index contributed by atoms with van der Waals surface area (Å²) in [7, 11) is 0. The summed E-state index contributed by atoms with van der Waals surface area (Å²) in [6.07, 6.45) is 3.03. The number of hydrogen-bond donors (Lipinski definition) is 3. The smallest absolute Gasteiger partial charge is 0.182 e. The van der Waals surface area contributed by atoms with Gasteiger partial charge in [0.05, 0.1) is 28.3 Å². The van der Waals surface area contributed by atoms with E-state index in [-0.39, 0.29) is 5.75 Å². The van der Waals surface area contributed by atoms with Crippen molar-refractivity contribution in [2.45, 2.75) is 12.3 Å². The summed E-state index contributed by atoms with van der Waals surface area (Å²) in [5.74, 6) is 0.626. The second-order valence-electron chi connectivity index (χ2n) is 7.11. The Kier molecular flexibility index (Phi) is 5.52. The number of halogens is 1. The van der Waals surface area contributed by atoms with Gasteiger partial charge < -0.3 is 14.9 Å². The minimum atomic E-state index is -1.98. The SMILES string of the molecule is O=S(O)Cc1ccccc1-c1nc2c(Cl)cccc2cc1CNc1ncnc2nc[nH]c12. The third-order valence-electron chi connectivity index (χ3n) is 5.10. The van der Waals surface area contributed by atoms with Crippen molar-refractivity contribution in [3.05, 3.63) is 77.3 Å². The molecule has 3 N–H and O–H groups in total. The first-order valence-electron chi connectivity index (χ1n) is 9.72. The van der Waals surface area contributed by atoms with Gasteiger partial charge in [-0.25, -0.2) is 24.1 Å². The molecule has 0 aliphatic carbocycles. The van der Waals surface area contributed by atoms with Gasteiger partial charge in [0.1, 0.15) is 11.8 Å². The van der Waals surface area contributed by atoms with E-state index in [1.54, 1.807) is 12.4 Å². The van der Waals surface area contributed by atoms with Crippen molar-refractivity contribution < 1.29 is 8.76 Å². The Morgan fingerprint density at radius 3 is 2.81 bits per heavy atom. The molecule has 3 aromatic heterocycles. The lowest BCUT2D eigenvalue weighted by Gasteiger charge is -2.15. The van der Waals surface area contributed by atoms with E-state index in [0.29, 0.717) is 39.8 Å². The maximum Gasteiger partial charge on any atom is 0.182 e. The van der Waals surface area contributed by atoms with Gasteiger partial charge >= 0.3 is 0 Å². The third-order valence-corrected chi connectivity index (χ3v) is 5.96. The molecule has 2 aromatic carbocycles. The van der Waals surface area contributed by atoms with Gasteiger partial charge in [-0.05, 0) is 23.3 Å². The van der Waals surface area contributed by atoms with Crippen molar-refractivity contribution in [1.82, 2.24) is 24.9 Å². The molecule has 0 amide bonds. The van der Waals surface area contributed by atoms with E-state index in [1.807, 2.05) is 42.5 Å². The molecule has 10 heteroatoms. The summed E-state index contributed by atoms with van der Waals surface area (Å²) in [5, 5.41) is 4.78. The number of pyridine rings is 1. The van der Waals surface area contributed by atoms with Crippen molar-refractivity contribution >= 4 is 50.6 Å². The lowest BCUT2D eigenvalue weighted by molar-refractivity contribution is 0.563. The number of para-hydroxylation sites is 1. The van der Waals surface area contributed by atoms with E-state index in [1.165, 1.54) is 6.33 Å². The van der Waals surface area contributed by atoms with Crippen LogP contribution in [0, 0.1) is 0 Å². The summed E-state index contributed by atoms with van der Waals surface area (Å²) in [6, 6.07) is 15.1. The molecule has 0 bridgehead atoms. The van der Waals surface area contributed by atoms with Crippen LogP contribution in [0.15, 0.2) is 61.2 Å². The zero-order valence-electron chi connectivity index (χ0n) is 16.6. The lowest BCUT2D eigenvalue weighted by Crippen LogP contribution is -2.06. The van der Waals surface area contributed by atoms with E-state index >= 15 is 0 Å². The Balaban J connectivity index is 1.63. The van der Waals surface area contributed by atoms with Crippen molar-refractivity contribution in [2.24, 2.45) is 0 Å². The van der Waals surface area contributed by atoms with Gasteiger partial charge in [-0.15, -0.1) is 0 Å². The molecule has 0 fully saturated rings. The van der Waals surface area contributed by atoms with Crippen LogP contribution in [-0.2, 0) is 23.4 Å². The number of aromatic amines is 1. The van der Waals surface area contributed by atoms with Crippen LogP contribution in [0.2, 0.25) is 5.02 Å². The van der Waals surface area contributed by atoms with Gasteiger partial charge in [0.15, 0.2) is 22.5 Å². The van der Waals surface area contributed by atoms with Gasteiger partial charge in [-0.3, -0.25) is 0 Å². The Labute approximate surface area is 190 Å². The average molecular weight is 465 g/mol. The highest BCUT2D eigenvalue weighted by Crippen LogP contribution is 2.32. The molecular weight excluding hydrogens is 448 g/mol. The van der Waals surface area contributed by atoms with Gasteiger partial charge in [-0.2, -0.15) is 0 Å². The van der Waals surface area contributed by atoms with Gasteiger partial charge in [0.2, 0.25) is 0 Å². The van der Waals surface area contributed by atoms with Crippen LogP contribution in [0.4, 0.5) is 5.82 Å². The van der Waals surface area contributed by atoms with Gasteiger partial charge in [-0.1, -0.05) is 48.0 Å². The second kappa shape index (κ2) is 8.62. The number of imidazole rings is 1. The fourth-order valence-corrected chi connectivity index (χ4v) is 4.40. The second-order valence-corrected chi connectivity index (χ2v) is 8.45. The van der Waals surface area contributed by atoms with Crippen molar-refractivity contribution in [3.8, 4) is 11.3 Å². The standard InChI is InChI=1S/C22H17ClN6O2S/c23-17-7-3-5-13-8-15(9-24-21-20-22(26-11-25-20)28-12-27-21)18(29-19(13)17)16-6-2-1-4-14(16)10-32(30)31/h1-8,11-12H,9-10H2,(H,30,31)(H2,24,25,26,27,28). The highest BCUT2D eigenvalue weighted by molar-refractivity contribution is 7.78. The van der Waals surface area contributed by atoms with Gasteiger partial charge in [0.25, 0.3) is 0 Å². The maximum absolute atomic E-state index is 11.5. The molecule has 5 rings (SSSR count). The third kappa shape index (κ3) is 3.93. The van der Waals surface area contributed by atoms with Crippen LogP contribution in [0.3, 0.4) is 0 Å². The molecule has 0 spiro atoms. The molecule has 0 saturated carbocycles. The fourth-order valence-electron chi connectivity index (χ4n) is 3.66. The Bertz CT molecular complexity index is 1470. The van der Waals surface area contributed by atoms with Crippen LogP contribution >= 0.6 is 11.6 Å². The highest BCUT2D eigenvalue weighted by atomic mass is 35.5. The first-order valence-corrected chi connectivity index (χ1v) is 11.4. The van der Waals surface area contributed by atoms with Crippen LogP contribution < -0.4 is 5.32 Å². The maximum atomic E-state index is 11.5. The van der Waals surface area contributed by atoms with E-state index < -0.39 is 11.1 Å². The fraction of sp³-hybridized carbons (Fsp3) is 0.0909. The quantitative estimate of drug-likeness (QED) is 0.315. The molecule has 0 saturated heterocycles. The first kappa shape index (κ1) is 20.5. The summed E-state index contributed by atoms with van der Waals surface area (Å²) in [5.41, 5.74) is 5.04. The summed E-state index contributed by atoms with van der Waals surface area (Å²) in [4.78, 5) is 20.5. The normalized spacial score (nSPS) is 12.3. The number of H-pyrrole nitrogens is 1. The van der Waals surface area contributed by atoms with Crippen LogP contribution in [0.1, 0.15) is 11.1 Å². The van der Waals surface area contributed by atoms with Crippen LogP contribution in [0.25, 0.3) is 33.3 Å². The number of hydrogen-bond acceptors (Lipinski definition) is 6. The average Bonchev–Trinajstić information content (AvgIpc) is 3.27. The lowest BCUT2D eigenvalue weighted by atomic mass is 9.99. The number of benzene rings is 2. The number of aromatic nitrogens is 5. The number of nitrogens with one attached hydrogen (secondary N) is 2. The molecule has 0 radical (unpaired) electrons. The number of anilines is 1. The summed E-state index contributed by atoms with van der Waals surface area (Å²) < 4.78 is 21.0. The van der Waals surface area contributed by atoms with E-state index in [0.717, 1.165) is 22.1 Å². The van der Waals surface area contributed by atoms with Crippen molar-refractivity contribution in [3.63, 3.8) is 0 Å². The summed E-state index contributed by atoms with van der Waals surface area (Å²) >= 11 is 4.44. The Morgan fingerprint density at radius 1 is 1.06 bits per heavy atom. The van der Waals surface area contributed by atoms with Crippen molar-refractivity contribution in [1.29, 1.82) is 0 Å². The van der Waals surface area contributed by atoms with E-state index in [9.17, 15) is 8.76 Å². The number of fused-ring (bicyclic) bond motifs is 2. The molecule has 8 nitrogen and oxygen atoms in total. The van der Waals surface area contributed by atoms with Crippen molar-refractivity contribution in [2.75, 3.05) is 5.32 Å². The van der Waals surface area contributed by atoms with Gasteiger partial charge in [0, 0.05) is 17.5 Å². The minimum Gasteiger partial charge on any atom is -0.364 e. The molecule has 1 unspecified atom stereocenters.